The maximum absolute atomic E-state index is 12.6. The third kappa shape index (κ3) is 1.86. The fraction of sp³-hybridized carbons (Fsp3) is 0.500. The summed E-state index contributed by atoms with van der Waals surface area (Å²) in [4.78, 5) is 16.5. The van der Waals surface area contributed by atoms with Crippen LogP contribution in [0.5, 0.6) is 0 Å². The molecule has 2 aliphatic heterocycles. The monoisotopic (exact) mass is 288 g/mol. The first-order valence-electron chi connectivity index (χ1n) is 7.03. The van der Waals surface area contributed by atoms with Gasteiger partial charge in [0.05, 0.1) is 24.0 Å². The maximum atomic E-state index is 12.6. The van der Waals surface area contributed by atoms with Crippen molar-refractivity contribution in [3.05, 3.63) is 34.8 Å². The summed E-state index contributed by atoms with van der Waals surface area (Å²) in [7, 11) is 0. The predicted molar refractivity (Wildman–Crippen MR) is 75.6 cm³/mol. The van der Waals surface area contributed by atoms with Crippen LogP contribution in [0.2, 0.25) is 0 Å². The number of carbonyl (C=O) groups is 1. The molecule has 2 aromatic heterocycles. The Hall–Kier alpha value is -1.69. The molecule has 0 aliphatic carbocycles. The van der Waals surface area contributed by atoms with Crippen LogP contribution in [0.1, 0.15) is 42.1 Å². The molecule has 2 aliphatic rings. The minimum atomic E-state index is 0.200. The summed E-state index contributed by atoms with van der Waals surface area (Å²) in [6.45, 7) is 0. The van der Waals surface area contributed by atoms with E-state index in [-0.39, 0.29) is 5.91 Å². The van der Waals surface area contributed by atoms with Gasteiger partial charge in [-0.1, -0.05) is 0 Å². The van der Waals surface area contributed by atoms with E-state index in [0.717, 1.165) is 31.2 Å². The molecule has 104 valence electrons. The molecule has 2 bridgehead atoms. The van der Waals surface area contributed by atoms with Crippen molar-refractivity contribution in [2.24, 2.45) is 0 Å². The lowest BCUT2D eigenvalue weighted by atomic mass is 9.97. The third-order valence-corrected chi connectivity index (χ3v) is 5.16. The van der Waals surface area contributed by atoms with Crippen molar-refractivity contribution in [2.75, 3.05) is 0 Å². The van der Waals surface area contributed by atoms with Crippen LogP contribution in [0.15, 0.2) is 29.2 Å². The van der Waals surface area contributed by atoms with Gasteiger partial charge in [0.25, 0.3) is 5.91 Å². The zero-order valence-electron chi connectivity index (χ0n) is 11.1. The van der Waals surface area contributed by atoms with Gasteiger partial charge in [-0.3, -0.25) is 4.79 Å². The molecule has 0 aromatic carbocycles. The highest BCUT2D eigenvalue weighted by molar-refractivity contribution is 7.08. The van der Waals surface area contributed by atoms with Crippen LogP contribution in [0.25, 0.3) is 0 Å². The topological polar surface area (TPSA) is 51.0 Å². The van der Waals surface area contributed by atoms with Crippen molar-refractivity contribution in [2.45, 2.75) is 43.8 Å². The highest BCUT2D eigenvalue weighted by atomic mass is 32.1. The number of fused-ring (bicyclic) bond motifs is 2. The highest BCUT2D eigenvalue weighted by Crippen LogP contribution is 2.41. The lowest BCUT2D eigenvalue weighted by Crippen LogP contribution is -2.47. The van der Waals surface area contributed by atoms with E-state index in [1.165, 1.54) is 0 Å². The molecule has 0 spiro atoms. The van der Waals surface area contributed by atoms with E-state index in [1.807, 2.05) is 21.6 Å². The molecular formula is C14H16N4OS. The first kappa shape index (κ1) is 12.1. The molecule has 6 heteroatoms. The fourth-order valence-corrected chi connectivity index (χ4v) is 4.25. The fourth-order valence-electron chi connectivity index (χ4n) is 3.62. The molecule has 0 N–H and O–H groups in total. The van der Waals surface area contributed by atoms with Crippen LogP contribution in [-0.4, -0.2) is 37.9 Å². The number of rotatable bonds is 2. The van der Waals surface area contributed by atoms with E-state index in [4.69, 9.17) is 0 Å². The van der Waals surface area contributed by atoms with E-state index < -0.39 is 0 Å². The Balaban J connectivity index is 1.56. The Morgan fingerprint density at radius 3 is 2.45 bits per heavy atom. The number of carbonyl (C=O) groups excluding carboxylic acids is 1. The predicted octanol–water partition coefficient (Wildman–Crippen LogP) is 2.35. The van der Waals surface area contributed by atoms with Gasteiger partial charge in [0.2, 0.25) is 0 Å². The maximum Gasteiger partial charge on any atom is 0.255 e. The molecule has 2 atom stereocenters. The van der Waals surface area contributed by atoms with Gasteiger partial charge < -0.3 is 4.90 Å². The second kappa shape index (κ2) is 4.70. The van der Waals surface area contributed by atoms with Gasteiger partial charge in [-0.15, -0.1) is 0 Å². The summed E-state index contributed by atoms with van der Waals surface area (Å²) in [6, 6.07) is 2.96. The molecule has 0 unspecified atom stereocenters. The number of piperidine rings is 1. The highest BCUT2D eigenvalue weighted by Gasteiger charge is 2.44. The van der Waals surface area contributed by atoms with Gasteiger partial charge in [-0.2, -0.15) is 26.3 Å². The summed E-state index contributed by atoms with van der Waals surface area (Å²) >= 11 is 1.58. The largest absolute Gasteiger partial charge is 0.332 e. The minimum absolute atomic E-state index is 0.200. The lowest BCUT2D eigenvalue weighted by molar-refractivity contribution is 0.0513. The third-order valence-electron chi connectivity index (χ3n) is 4.47. The summed E-state index contributed by atoms with van der Waals surface area (Å²) in [6.07, 6.45) is 7.62. The van der Waals surface area contributed by atoms with Gasteiger partial charge in [0.15, 0.2) is 0 Å². The van der Waals surface area contributed by atoms with Crippen molar-refractivity contribution >= 4 is 17.2 Å². The van der Waals surface area contributed by atoms with Crippen molar-refractivity contribution in [3.63, 3.8) is 0 Å². The van der Waals surface area contributed by atoms with Gasteiger partial charge in [-0.05, 0) is 37.1 Å². The zero-order valence-corrected chi connectivity index (χ0v) is 11.9. The number of thiophene rings is 1. The van der Waals surface area contributed by atoms with E-state index in [1.54, 1.807) is 23.7 Å². The van der Waals surface area contributed by atoms with Gasteiger partial charge in [0.1, 0.15) is 0 Å². The molecule has 2 fully saturated rings. The smallest absolute Gasteiger partial charge is 0.255 e. The second-order valence-electron chi connectivity index (χ2n) is 5.58. The molecule has 20 heavy (non-hydrogen) atoms. The van der Waals surface area contributed by atoms with Crippen LogP contribution in [0, 0.1) is 0 Å². The SMILES string of the molecule is O=C(c1ccsc1)N1[C@H]2CC[C@H]1CC(n1nccn1)C2. The van der Waals surface area contributed by atoms with Crippen LogP contribution in [0.3, 0.4) is 0 Å². The standard InChI is InChI=1S/C14H16N4OS/c19-14(10-3-6-20-9-10)17-11-1-2-12(17)8-13(7-11)18-15-4-5-16-18/h3-6,9,11-13H,1-2,7-8H2/t11-,12-/m0/s1. The molecule has 4 rings (SSSR count). The quantitative estimate of drug-likeness (QED) is 0.852. The molecule has 0 saturated carbocycles. The van der Waals surface area contributed by atoms with Crippen molar-refractivity contribution in [1.29, 1.82) is 0 Å². The molecule has 4 heterocycles. The number of aromatic nitrogens is 3. The van der Waals surface area contributed by atoms with Crippen molar-refractivity contribution in [3.8, 4) is 0 Å². The number of hydrogen-bond donors (Lipinski definition) is 0. The first-order chi connectivity index (χ1) is 9.83. The van der Waals surface area contributed by atoms with Gasteiger partial charge >= 0.3 is 0 Å². The number of amides is 1. The number of nitrogens with zero attached hydrogens (tertiary/aromatic N) is 4. The van der Waals surface area contributed by atoms with Gasteiger partial charge in [0, 0.05) is 17.5 Å². The molecule has 2 aromatic rings. The van der Waals surface area contributed by atoms with E-state index in [2.05, 4.69) is 15.1 Å². The van der Waals surface area contributed by atoms with Crippen LogP contribution in [-0.2, 0) is 0 Å². The van der Waals surface area contributed by atoms with E-state index in [0.29, 0.717) is 18.1 Å². The molecule has 0 radical (unpaired) electrons. The van der Waals surface area contributed by atoms with E-state index >= 15 is 0 Å². The number of hydrogen-bond acceptors (Lipinski definition) is 4. The van der Waals surface area contributed by atoms with Crippen molar-refractivity contribution < 1.29 is 4.79 Å². The molecular weight excluding hydrogens is 272 g/mol. The molecule has 1 amide bonds. The van der Waals surface area contributed by atoms with Crippen LogP contribution < -0.4 is 0 Å². The Labute approximate surface area is 121 Å². The summed E-state index contributed by atoms with van der Waals surface area (Å²) in [5.74, 6) is 0.200. The first-order valence-corrected chi connectivity index (χ1v) is 7.98. The normalized spacial score (nSPS) is 28.8. The summed E-state index contributed by atoms with van der Waals surface area (Å²) in [5.41, 5.74) is 0.836. The second-order valence-corrected chi connectivity index (χ2v) is 6.36. The zero-order chi connectivity index (χ0) is 13.5. The van der Waals surface area contributed by atoms with E-state index in [9.17, 15) is 4.79 Å². The average Bonchev–Trinajstić information content (AvgIpc) is 3.18. The lowest BCUT2D eigenvalue weighted by Gasteiger charge is -2.38. The Morgan fingerprint density at radius 1 is 1.15 bits per heavy atom. The van der Waals surface area contributed by atoms with Crippen LogP contribution >= 0.6 is 11.3 Å². The Bertz CT molecular complexity index is 581. The molecule has 5 nitrogen and oxygen atoms in total. The van der Waals surface area contributed by atoms with Crippen molar-refractivity contribution in [1.82, 2.24) is 19.9 Å². The van der Waals surface area contributed by atoms with Gasteiger partial charge in [-0.25, -0.2) is 0 Å². The van der Waals surface area contributed by atoms with Crippen LogP contribution in [0.4, 0.5) is 0 Å². The minimum Gasteiger partial charge on any atom is -0.332 e. The summed E-state index contributed by atoms with van der Waals surface area (Å²) in [5, 5.41) is 12.4. The Morgan fingerprint density at radius 2 is 1.85 bits per heavy atom. The molecule has 2 saturated heterocycles. The Kier molecular flexibility index (Phi) is 2.84. The summed E-state index contributed by atoms with van der Waals surface area (Å²) < 4.78 is 0. The average molecular weight is 288 g/mol.